The molecule has 1 aliphatic carbocycles. The van der Waals surface area contributed by atoms with Gasteiger partial charge in [-0.1, -0.05) is 24.3 Å². The quantitative estimate of drug-likeness (QED) is 0.927. The summed E-state index contributed by atoms with van der Waals surface area (Å²) in [6.45, 7) is 0.315. The van der Waals surface area contributed by atoms with Crippen LogP contribution in [-0.2, 0) is 6.42 Å². The average molecular weight is 280 g/mol. The van der Waals surface area contributed by atoms with Gasteiger partial charge < -0.3 is 5.32 Å². The van der Waals surface area contributed by atoms with Crippen LogP contribution in [0.15, 0.2) is 36.5 Å². The number of rotatable bonds is 4. The zero-order valence-electron chi connectivity index (χ0n) is 10.9. The zero-order chi connectivity index (χ0) is 14.2. The van der Waals surface area contributed by atoms with E-state index >= 15 is 0 Å². The van der Waals surface area contributed by atoms with Crippen molar-refractivity contribution in [3.63, 3.8) is 0 Å². The van der Waals surface area contributed by atoms with Gasteiger partial charge in [-0.15, -0.1) is 0 Å². The minimum Gasteiger partial charge on any atom is -0.303 e. The highest BCUT2D eigenvalue weighted by Gasteiger charge is 2.62. The van der Waals surface area contributed by atoms with Crippen LogP contribution in [0.2, 0.25) is 0 Å². The molecule has 0 spiro atoms. The van der Waals surface area contributed by atoms with E-state index in [0.717, 1.165) is 16.5 Å². The fraction of sp³-hybridized carbons (Fsp3) is 0.400. The largest absolute Gasteiger partial charge is 0.406 e. The number of benzene rings is 1. The highest BCUT2D eigenvalue weighted by Crippen LogP contribution is 2.48. The number of fused-ring (bicyclic) bond motifs is 1. The summed E-state index contributed by atoms with van der Waals surface area (Å²) in [6, 6.07) is 9.60. The van der Waals surface area contributed by atoms with E-state index in [1.165, 1.54) is 0 Å². The molecular formula is C15H15F3N2. The van der Waals surface area contributed by atoms with E-state index in [4.69, 9.17) is 0 Å². The maximum Gasteiger partial charge on any atom is 0.406 e. The first-order valence-electron chi connectivity index (χ1n) is 6.66. The molecule has 0 radical (unpaired) electrons. The molecular weight excluding hydrogens is 265 g/mol. The summed E-state index contributed by atoms with van der Waals surface area (Å²) in [6.07, 6.45) is -1.53. The third kappa shape index (κ3) is 2.38. The Bertz CT molecular complexity index is 613. The van der Waals surface area contributed by atoms with Gasteiger partial charge >= 0.3 is 6.18 Å². The Balaban J connectivity index is 1.69. The van der Waals surface area contributed by atoms with Crippen molar-refractivity contribution >= 4 is 10.9 Å². The number of aromatic nitrogens is 1. The van der Waals surface area contributed by atoms with Gasteiger partial charge in [0.15, 0.2) is 0 Å². The number of nitrogens with one attached hydrogen (secondary N) is 1. The average Bonchev–Trinajstić information content (AvgIpc) is 3.20. The summed E-state index contributed by atoms with van der Waals surface area (Å²) in [7, 11) is 0. The van der Waals surface area contributed by atoms with Gasteiger partial charge in [0.05, 0.1) is 5.52 Å². The number of para-hydroxylation sites is 1. The summed E-state index contributed by atoms with van der Waals surface area (Å²) in [5.74, 6) is 0. The van der Waals surface area contributed by atoms with Crippen LogP contribution in [0.25, 0.3) is 10.9 Å². The standard InChI is InChI=1S/C15H15F3N2/c16-15(17,18)14(7-8-14)20-10-6-12-4-1-3-11-5-2-9-19-13(11)12/h1-5,9,20H,6-8,10H2. The Kier molecular flexibility index (Phi) is 3.17. The zero-order valence-corrected chi connectivity index (χ0v) is 10.9. The summed E-state index contributed by atoms with van der Waals surface area (Å²) in [5.41, 5.74) is 0.215. The van der Waals surface area contributed by atoms with Gasteiger partial charge in [-0.3, -0.25) is 4.98 Å². The Hall–Kier alpha value is -1.62. The normalized spacial score (nSPS) is 17.4. The summed E-state index contributed by atoms with van der Waals surface area (Å²) in [4.78, 5) is 4.31. The lowest BCUT2D eigenvalue weighted by atomic mass is 10.1. The van der Waals surface area contributed by atoms with Gasteiger partial charge in [0.1, 0.15) is 5.54 Å². The third-order valence-electron chi connectivity index (χ3n) is 3.87. The first-order chi connectivity index (χ1) is 9.52. The van der Waals surface area contributed by atoms with Crippen LogP contribution in [0.1, 0.15) is 18.4 Å². The van der Waals surface area contributed by atoms with Gasteiger partial charge in [-0.05, 0) is 30.9 Å². The Morgan fingerprint density at radius 3 is 2.60 bits per heavy atom. The van der Waals surface area contributed by atoms with E-state index in [1.807, 2.05) is 30.3 Å². The molecule has 3 rings (SSSR count). The molecule has 0 amide bonds. The smallest absolute Gasteiger partial charge is 0.303 e. The lowest BCUT2D eigenvalue weighted by Gasteiger charge is -2.20. The molecule has 0 atom stereocenters. The van der Waals surface area contributed by atoms with Crippen molar-refractivity contribution in [3.8, 4) is 0 Å². The minimum absolute atomic E-state index is 0.185. The van der Waals surface area contributed by atoms with Crippen LogP contribution in [0.3, 0.4) is 0 Å². The van der Waals surface area contributed by atoms with Gasteiger partial charge in [-0.2, -0.15) is 13.2 Å². The van der Waals surface area contributed by atoms with Crippen molar-refractivity contribution in [2.45, 2.75) is 31.0 Å². The van der Waals surface area contributed by atoms with E-state index in [-0.39, 0.29) is 12.8 Å². The molecule has 0 bridgehead atoms. The predicted molar refractivity (Wildman–Crippen MR) is 71.5 cm³/mol. The van der Waals surface area contributed by atoms with E-state index in [2.05, 4.69) is 10.3 Å². The first kappa shape index (κ1) is 13.4. The first-order valence-corrected chi connectivity index (χ1v) is 6.66. The van der Waals surface area contributed by atoms with E-state index in [9.17, 15) is 13.2 Å². The van der Waals surface area contributed by atoms with Crippen LogP contribution in [0.4, 0.5) is 13.2 Å². The second-order valence-electron chi connectivity index (χ2n) is 5.25. The SMILES string of the molecule is FC(F)(F)C1(NCCc2cccc3cccnc23)CC1. The maximum atomic E-state index is 12.8. The number of nitrogens with zero attached hydrogens (tertiary/aromatic N) is 1. The molecule has 1 heterocycles. The molecule has 1 fully saturated rings. The molecule has 1 aliphatic rings. The number of hydrogen-bond acceptors (Lipinski definition) is 2. The van der Waals surface area contributed by atoms with Crippen LogP contribution < -0.4 is 5.32 Å². The van der Waals surface area contributed by atoms with Crippen LogP contribution in [0.5, 0.6) is 0 Å². The minimum atomic E-state index is -4.15. The summed E-state index contributed by atoms with van der Waals surface area (Å²) >= 11 is 0. The molecule has 1 aromatic heterocycles. The van der Waals surface area contributed by atoms with Crippen LogP contribution in [0, 0.1) is 0 Å². The lowest BCUT2D eigenvalue weighted by Crippen LogP contribution is -2.45. The van der Waals surface area contributed by atoms with Crippen LogP contribution in [-0.4, -0.2) is 23.2 Å². The number of hydrogen-bond donors (Lipinski definition) is 1. The monoisotopic (exact) mass is 280 g/mol. The molecule has 2 nitrogen and oxygen atoms in total. The molecule has 1 saturated carbocycles. The fourth-order valence-electron chi connectivity index (χ4n) is 2.49. The lowest BCUT2D eigenvalue weighted by molar-refractivity contribution is -0.165. The molecule has 2 aromatic rings. The molecule has 106 valence electrons. The van der Waals surface area contributed by atoms with Crippen LogP contribution >= 0.6 is 0 Å². The fourth-order valence-corrected chi connectivity index (χ4v) is 2.49. The number of halogens is 3. The molecule has 0 aliphatic heterocycles. The van der Waals surface area contributed by atoms with Crippen molar-refractivity contribution < 1.29 is 13.2 Å². The highest BCUT2D eigenvalue weighted by molar-refractivity contribution is 5.81. The Labute approximate surface area is 115 Å². The second-order valence-corrected chi connectivity index (χ2v) is 5.25. The molecule has 0 saturated heterocycles. The van der Waals surface area contributed by atoms with Gasteiger partial charge in [-0.25, -0.2) is 0 Å². The van der Waals surface area contributed by atoms with Crippen molar-refractivity contribution in [1.29, 1.82) is 0 Å². The van der Waals surface area contributed by atoms with Gasteiger partial charge in [0.2, 0.25) is 0 Å². The molecule has 5 heteroatoms. The Morgan fingerprint density at radius 1 is 1.15 bits per heavy atom. The van der Waals surface area contributed by atoms with Gasteiger partial charge in [0, 0.05) is 18.1 Å². The highest BCUT2D eigenvalue weighted by atomic mass is 19.4. The van der Waals surface area contributed by atoms with E-state index in [1.54, 1.807) is 6.20 Å². The van der Waals surface area contributed by atoms with Crippen molar-refractivity contribution in [2.24, 2.45) is 0 Å². The summed E-state index contributed by atoms with van der Waals surface area (Å²) < 4.78 is 38.4. The van der Waals surface area contributed by atoms with Crippen molar-refractivity contribution in [2.75, 3.05) is 6.54 Å². The van der Waals surface area contributed by atoms with Gasteiger partial charge in [0.25, 0.3) is 0 Å². The van der Waals surface area contributed by atoms with E-state index < -0.39 is 11.7 Å². The molecule has 20 heavy (non-hydrogen) atoms. The van der Waals surface area contributed by atoms with E-state index in [0.29, 0.717) is 13.0 Å². The van der Waals surface area contributed by atoms with Crippen molar-refractivity contribution in [1.82, 2.24) is 10.3 Å². The Morgan fingerprint density at radius 2 is 1.90 bits per heavy atom. The van der Waals surface area contributed by atoms with Crippen molar-refractivity contribution in [3.05, 3.63) is 42.1 Å². The molecule has 1 aromatic carbocycles. The second kappa shape index (κ2) is 4.74. The maximum absolute atomic E-state index is 12.8. The third-order valence-corrected chi connectivity index (χ3v) is 3.87. The number of alkyl halides is 3. The predicted octanol–water partition coefficient (Wildman–Crippen LogP) is 3.46. The molecule has 0 unspecified atom stereocenters. The number of pyridine rings is 1. The topological polar surface area (TPSA) is 24.9 Å². The molecule has 1 N–H and O–H groups in total. The summed E-state index contributed by atoms with van der Waals surface area (Å²) in [5, 5.41) is 3.69.